The normalized spacial score (nSPS) is 22.9. The summed E-state index contributed by atoms with van der Waals surface area (Å²) in [7, 11) is 0. The van der Waals surface area contributed by atoms with Gasteiger partial charge in [0.15, 0.2) is 21.8 Å². The number of nitrogens with one attached hydrogen (secondary N) is 2. The molecule has 4 heterocycles. The molecule has 13 nitrogen and oxygen atoms in total. The van der Waals surface area contributed by atoms with E-state index in [1.165, 1.54) is 39.8 Å². The molecule has 0 radical (unpaired) electrons. The summed E-state index contributed by atoms with van der Waals surface area (Å²) in [4.78, 5) is 59.4. The van der Waals surface area contributed by atoms with Gasteiger partial charge in [-0.3, -0.25) is 19.2 Å². The number of fused-ring (bicyclic) bond motifs is 1. The van der Waals surface area contributed by atoms with E-state index in [0.717, 1.165) is 11.3 Å². The number of anilines is 1. The van der Waals surface area contributed by atoms with Crippen LogP contribution in [0.2, 0.25) is 4.34 Å². The fourth-order valence-corrected chi connectivity index (χ4v) is 7.78. The van der Waals surface area contributed by atoms with Gasteiger partial charge in [-0.15, -0.1) is 28.4 Å². The number of hydrogen-bond donors (Lipinski definition) is 3. The third-order valence-electron chi connectivity index (χ3n) is 5.21. The van der Waals surface area contributed by atoms with Gasteiger partial charge >= 0.3 is 5.97 Å². The van der Waals surface area contributed by atoms with E-state index in [1.54, 1.807) is 5.51 Å². The lowest BCUT2D eigenvalue weighted by molar-refractivity contribution is -0.157. The second-order valence-electron chi connectivity index (χ2n) is 7.52. The Kier molecular flexibility index (Phi) is 8.54. The van der Waals surface area contributed by atoms with Gasteiger partial charge in [-0.05, 0) is 0 Å². The highest BCUT2D eigenvalue weighted by molar-refractivity contribution is 8.01. The number of aliphatic carboxylic acids is 1. The van der Waals surface area contributed by atoms with E-state index in [1.807, 2.05) is 0 Å². The third kappa shape index (κ3) is 5.67. The molecule has 0 spiro atoms. The molecule has 3 atom stereocenters. The van der Waals surface area contributed by atoms with Gasteiger partial charge in [0.1, 0.15) is 32.4 Å². The van der Waals surface area contributed by atoms with Gasteiger partial charge in [-0.2, -0.15) is 0 Å². The van der Waals surface area contributed by atoms with Crippen LogP contribution in [0.4, 0.5) is 5.13 Å². The first-order valence-corrected chi connectivity index (χ1v) is 14.3. The van der Waals surface area contributed by atoms with Gasteiger partial charge in [-0.25, -0.2) is 4.98 Å². The summed E-state index contributed by atoms with van der Waals surface area (Å²) >= 11 is 10.9. The molecule has 2 aliphatic rings. The van der Waals surface area contributed by atoms with Gasteiger partial charge in [0, 0.05) is 18.1 Å². The highest BCUT2D eigenvalue weighted by Crippen LogP contribution is 2.44. The third-order valence-corrected chi connectivity index (χ3v) is 10.1. The predicted molar refractivity (Wildman–Crippen MR) is 139 cm³/mol. The van der Waals surface area contributed by atoms with Crippen LogP contribution in [0.1, 0.15) is 5.69 Å². The van der Waals surface area contributed by atoms with Crippen molar-refractivity contribution in [3.8, 4) is 12.3 Å². The van der Waals surface area contributed by atoms with Gasteiger partial charge in [0.2, 0.25) is 12.3 Å². The van der Waals surface area contributed by atoms with Crippen molar-refractivity contribution in [2.75, 3.05) is 30.0 Å². The van der Waals surface area contributed by atoms with Crippen LogP contribution in [0, 0.1) is 17.8 Å². The van der Waals surface area contributed by atoms with Crippen LogP contribution in [-0.2, 0) is 24.0 Å². The molecule has 2 aliphatic heterocycles. The Morgan fingerprint density at radius 1 is 1.51 bits per heavy atom. The van der Waals surface area contributed by atoms with Crippen molar-refractivity contribution in [1.29, 1.82) is 0 Å². The van der Waals surface area contributed by atoms with E-state index in [4.69, 9.17) is 22.9 Å². The van der Waals surface area contributed by atoms with Crippen LogP contribution in [0.25, 0.3) is 0 Å². The average Bonchev–Trinajstić information content (AvgIpc) is 3.53. The number of β-lactam (4-membered cyclic amide) rings is 1. The Balaban J connectivity index is 1.46. The Labute approximate surface area is 230 Å². The number of oxime groups is 1. The number of thiazole rings is 1. The summed E-state index contributed by atoms with van der Waals surface area (Å²) in [5, 5.41) is 26.0. The van der Waals surface area contributed by atoms with Crippen molar-refractivity contribution < 1.29 is 29.1 Å². The van der Waals surface area contributed by atoms with Gasteiger partial charge < -0.3 is 25.5 Å². The Morgan fingerprint density at radius 3 is 3.00 bits per heavy atom. The first kappa shape index (κ1) is 27.1. The monoisotopic (exact) mass is 601 g/mol. The lowest BCUT2D eigenvalue weighted by Gasteiger charge is -2.53. The molecule has 2 aromatic rings. The number of thioether (sulfide) groups is 2. The summed E-state index contributed by atoms with van der Waals surface area (Å²) in [6.07, 6.45) is 5.56. The number of carboxylic acid groups (broad SMARTS) is 1. The Bertz CT molecular complexity index is 1280. The Hall–Kier alpha value is -2.91. The number of rotatable bonds is 11. The first-order chi connectivity index (χ1) is 17.8. The number of hydrogen-bond acceptors (Lipinski definition) is 13. The SMILES string of the molecule is C#CCON=C(C(=O)NC1C(=O)N2CC(CSc3nncs3)(C(=O)O)CS[C@H]12)c1nc(NC=O)sc1Cl. The van der Waals surface area contributed by atoms with E-state index < -0.39 is 34.6 Å². The predicted octanol–water partition coefficient (Wildman–Crippen LogP) is 0.833. The van der Waals surface area contributed by atoms with Gasteiger partial charge in [0.05, 0.1) is 0 Å². The summed E-state index contributed by atoms with van der Waals surface area (Å²) in [6, 6.07) is -0.928. The lowest BCUT2D eigenvalue weighted by Crippen LogP contribution is -2.74. The maximum atomic E-state index is 13.1. The fourth-order valence-electron chi connectivity index (χ4n) is 3.43. The molecular weight excluding hydrogens is 586 g/mol. The molecule has 0 aromatic carbocycles. The molecule has 18 heteroatoms. The van der Waals surface area contributed by atoms with Crippen molar-refractivity contribution in [3.05, 3.63) is 15.5 Å². The molecule has 194 valence electrons. The van der Waals surface area contributed by atoms with Crippen molar-refractivity contribution in [1.82, 2.24) is 25.4 Å². The lowest BCUT2D eigenvalue weighted by atomic mass is 9.89. The molecule has 2 saturated heterocycles. The number of halogens is 1. The number of nitrogens with zero attached hydrogens (tertiary/aromatic N) is 5. The summed E-state index contributed by atoms with van der Waals surface area (Å²) in [6.45, 7) is -0.249. The highest BCUT2D eigenvalue weighted by Gasteiger charge is 2.57. The van der Waals surface area contributed by atoms with Crippen LogP contribution in [0.3, 0.4) is 0 Å². The molecule has 2 unspecified atom stereocenters. The number of aromatic nitrogens is 3. The zero-order valence-corrected chi connectivity index (χ0v) is 22.5. The molecular formula is C19H16ClN7O6S4. The summed E-state index contributed by atoms with van der Waals surface area (Å²) in [5.41, 5.74) is -0.0327. The molecule has 3 N–H and O–H groups in total. The van der Waals surface area contributed by atoms with E-state index in [9.17, 15) is 24.3 Å². The maximum absolute atomic E-state index is 13.1. The molecule has 0 aliphatic carbocycles. The molecule has 2 fully saturated rings. The summed E-state index contributed by atoms with van der Waals surface area (Å²) < 4.78 is 0.689. The van der Waals surface area contributed by atoms with Crippen LogP contribution in [0.15, 0.2) is 15.0 Å². The van der Waals surface area contributed by atoms with Crippen molar-refractivity contribution in [3.63, 3.8) is 0 Å². The smallest absolute Gasteiger partial charge is 0.313 e. The molecule has 37 heavy (non-hydrogen) atoms. The van der Waals surface area contributed by atoms with Gasteiger partial charge in [-0.1, -0.05) is 57.1 Å². The summed E-state index contributed by atoms with van der Waals surface area (Å²) in [5.74, 6) is 0.378. The minimum atomic E-state index is -1.19. The van der Waals surface area contributed by atoms with Crippen molar-refractivity contribution in [2.24, 2.45) is 10.6 Å². The molecule has 0 bridgehead atoms. The van der Waals surface area contributed by atoms with Crippen LogP contribution in [-0.4, -0.2) is 91.2 Å². The zero-order valence-electron chi connectivity index (χ0n) is 18.5. The average molecular weight is 602 g/mol. The van der Waals surface area contributed by atoms with E-state index in [0.29, 0.717) is 10.7 Å². The molecule has 0 saturated carbocycles. The van der Waals surface area contributed by atoms with Crippen molar-refractivity contribution >= 4 is 92.8 Å². The molecule has 4 rings (SSSR count). The quantitative estimate of drug-likeness (QED) is 0.0632. The molecule has 3 amide bonds. The molecule has 2 aromatic heterocycles. The number of terminal acetylenes is 1. The highest BCUT2D eigenvalue weighted by atomic mass is 35.5. The number of carbonyl (C=O) groups excluding carboxylic acids is 3. The van der Waals surface area contributed by atoms with Gasteiger partial charge in [0.25, 0.3) is 5.91 Å². The largest absolute Gasteiger partial charge is 0.481 e. The van der Waals surface area contributed by atoms with E-state index in [2.05, 4.69) is 36.9 Å². The maximum Gasteiger partial charge on any atom is 0.313 e. The minimum Gasteiger partial charge on any atom is -0.481 e. The standard InChI is InChI=1S/C19H16ClN7O6S4/c1-2-3-33-26-10(9-12(20)37-17(24-9)21-7-28)13(29)23-11-14(30)27-4-19(16(31)32,5-34-15(11)27)6-35-18-25-22-8-36-18/h1,7-8,11,15H,3-6H2,(H,23,29)(H,31,32)(H,21,24,28)/t11?,15-,19?/m1/s1. The van der Waals surface area contributed by atoms with E-state index in [-0.39, 0.29) is 45.5 Å². The first-order valence-electron chi connectivity index (χ1n) is 10.2. The fraction of sp³-hybridized carbons (Fsp3) is 0.368. The van der Waals surface area contributed by atoms with Crippen LogP contribution in [0.5, 0.6) is 0 Å². The number of amides is 3. The van der Waals surface area contributed by atoms with Crippen LogP contribution < -0.4 is 10.6 Å². The minimum absolute atomic E-state index is 0.0120. The second kappa shape index (κ2) is 11.6. The Morgan fingerprint density at radius 2 is 2.32 bits per heavy atom. The van der Waals surface area contributed by atoms with Crippen LogP contribution >= 0.6 is 57.8 Å². The zero-order chi connectivity index (χ0) is 26.6. The second-order valence-corrected chi connectivity index (χ2v) is 12.3. The number of carbonyl (C=O) groups is 4. The van der Waals surface area contributed by atoms with E-state index >= 15 is 0 Å². The topological polar surface area (TPSA) is 176 Å². The number of carboxylic acids is 1. The van der Waals surface area contributed by atoms with Crippen molar-refractivity contribution in [2.45, 2.75) is 15.8 Å².